The van der Waals surface area contributed by atoms with E-state index < -0.39 is 0 Å². The highest BCUT2D eigenvalue weighted by molar-refractivity contribution is 7.99. The molecule has 0 amide bonds. The van der Waals surface area contributed by atoms with Crippen molar-refractivity contribution in [3.05, 3.63) is 30.1 Å². The van der Waals surface area contributed by atoms with Crippen LogP contribution in [0.2, 0.25) is 0 Å². The molecular weight excluding hydrogens is 196 g/mol. The summed E-state index contributed by atoms with van der Waals surface area (Å²) in [5, 5.41) is 7.61. The lowest BCUT2D eigenvalue weighted by Crippen LogP contribution is -2.13. The Labute approximate surface area is 88.4 Å². The Morgan fingerprint density at radius 1 is 1.64 bits per heavy atom. The Morgan fingerprint density at radius 3 is 2.93 bits per heavy atom. The lowest BCUT2D eigenvalue weighted by Gasteiger charge is -2.14. The van der Waals surface area contributed by atoms with Crippen LogP contribution >= 0.6 is 11.8 Å². The van der Waals surface area contributed by atoms with Crippen molar-refractivity contribution in [2.75, 3.05) is 12.9 Å². The summed E-state index contributed by atoms with van der Waals surface area (Å²) >= 11 is 1.56. The first-order valence-electron chi connectivity index (χ1n) is 4.44. The molecule has 0 aromatic carbocycles. The molecule has 0 radical (unpaired) electrons. The summed E-state index contributed by atoms with van der Waals surface area (Å²) in [5.41, 5.74) is 0.874. The van der Waals surface area contributed by atoms with Crippen LogP contribution < -0.4 is 0 Å². The predicted octanol–water partition coefficient (Wildman–Crippen LogP) is 2.50. The molecule has 1 heterocycles. The number of pyridine rings is 1. The topological polar surface area (TPSA) is 46.0 Å². The number of nitrogens with one attached hydrogen (secondary N) is 1. The highest BCUT2D eigenvalue weighted by Crippen LogP contribution is 2.26. The minimum absolute atomic E-state index is 0.0869. The van der Waals surface area contributed by atoms with Gasteiger partial charge in [-0.05, 0) is 25.3 Å². The van der Waals surface area contributed by atoms with Gasteiger partial charge in [-0.2, -0.15) is 0 Å². The zero-order chi connectivity index (χ0) is 10.4. The van der Waals surface area contributed by atoms with Crippen molar-refractivity contribution >= 4 is 17.7 Å². The summed E-state index contributed by atoms with van der Waals surface area (Å²) in [6.07, 6.45) is 3.69. The second kappa shape index (κ2) is 5.65. The Hall–Kier alpha value is -1.03. The van der Waals surface area contributed by atoms with Gasteiger partial charge in [0.2, 0.25) is 0 Å². The third-order valence-corrected chi connectivity index (χ3v) is 2.66. The number of hydrogen-bond acceptors (Lipinski definition) is 4. The van der Waals surface area contributed by atoms with Crippen molar-refractivity contribution in [3.8, 4) is 0 Å². The highest BCUT2D eigenvalue weighted by atomic mass is 32.2. The molecule has 1 atom stereocenters. The minimum Gasteiger partial charge on any atom is -0.480 e. The number of thioether (sulfide) groups is 1. The van der Waals surface area contributed by atoms with Gasteiger partial charge in [0.15, 0.2) is 5.90 Å². The minimum atomic E-state index is -0.0869. The molecule has 76 valence electrons. The second-order valence-corrected chi connectivity index (χ2v) is 3.61. The van der Waals surface area contributed by atoms with Crippen LogP contribution in [0.1, 0.15) is 17.9 Å². The number of aromatic nitrogens is 1. The molecule has 1 aromatic rings. The molecule has 14 heavy (non-hydrogen) atoms. The van der Waals surface area contributed by atoms with Crippen molar-refractivity contribution in [3.63, 3.8) is 0 Å². The van der Waals surface area contributed by atoms with Gasteiger partial charge in [-0.3, -0.25) is 10.4 Å². The number of hydrogen-bond donors (Lipinski definition) is 1. The molecule has 1 rings (SSSR count). The van der Waals surface area contributed by atoms with Crippen LogP contribution in [0.4, 0.5) is 0 Å². The van der Waals surface area contributed by atoms with Crippen molar-refractivity contribution in [1.29, 1.82) is 5.41 Å². The molecule has 0 aliphatic rings. The quantitative estimate of drug-likeness (QED) is 0.613. The second-order valence-electron chi connectivity index (χ2n) is 2.67. The molecule has 0 saturated carbocycles. The molecule has 0 bridgehead atoms. The Morgan fingerprint density at radius 2 is 2.43 bits per heavy atom. The van der Waals surface area contributed by atoms with E-state index in [4.69, 9.17) is 10.1 Å². The largest absolute Gasteiger partial charge is 0.480 e. The average Bonchev–Trinajstić information content (AvgIpc) is 2.21. The summed E-state index contributed by atoms with van der Waals surface area (Å²) in [6, 6.07) is 5.70. The smallest absolute Gasteiger partial charge is 0.200 e. The van der Waals surface area contributed by atoms with Gasteiger partial charge < -0.3 is 4.74 Å². The fourth-order valence-electron chi connectivity index (χ4n) is 1.12. The standard InChI is InChI=1S/C10H14N2OS/c1-3-13-10(11)9(14-2)8-6-4-5-7-12-8/h4-7,9,11H,3H2,1-2H3. The molecule has 0 spiro atoms. The molecule has 1 unspecified atom stereocenters. The van der Waals surface area contributed by atoms with E-state index in [0.717, 1.165) is 5.69 Å². The molecule has 0 aliphatic carbocycles. The van der Waals surface area contributed by atoms with E-state index in [0.29, 0.717) is 6.61 Å². The Kier molecular flexibility index (Phi) is 4.46. The first kappa shape index (κ1) is 11.0. The van der Waals surface area contributed by atoms with E-state index in [1.165, 1.54) is 0 Å². The molecule has 0 saturated heterocycles. The van der Waals surface area contributed by atoms with Gasteiger partial charge in [0.25, 0.3) is 0 Å². The van der Waals surface area contributed by atoms with E-state index in [9.17, 15) is 0 Å². The van der Waals surface area contributed by atoms with Gasteiger partial charge >= 0.3 is 0 Å². The first-order valence-corrected chi connectivity index (χ1v) is 5.73. The summed E-state index contributed by atoms with van der Waals surface area (Å²) in [4.78, 5) is 4.21. The molecule has 4 heteroatoms. The van der Waals surface area contributed by atoms with Crippen LogP contribution in [-0.2, 0) is 4.74 Å². The van der Waals surface area contributed by atoms with E-state index in [2.05, 4.69) is 4.98 Å². The zero-order valence-electron chi connectivity index (χ0n) is 8.36. The average molecular weight is 210 g/mol. The van der Waals surface area contributed by atoms with Crippen molar-refractivity contribution in [2.45, 2.75) is 12.2 Å². The zero-order valence-corrected chi connectivity index (χ0v) is 9.17. The van der Waals surface area contributed by atoms with Crippen LogP contribution in [0.15, 0.2) is 24.4 Å². The maximum absolute atomic E-state index is 7.70. The van der Waals surface area contributed by atoms with Gasteiger partial charge in [-0.25, -0.2) is 0 Å². The van der Waals surface area contributed by atoms with E-state index in [1.807, 2.05) is 31.4 Å². The third-order valence-electron chi connectivity index (χ3n) is 1.73. The lowest BCUT2D eigenvalue weighted by molar-refractivity contribution is 0.316. The van der Waals surface area contributed by atoms with Crippen molar-refractivity contribution < 1.29 is 4.74 Å². The van der Waals surface area contributed by atoms with Crippen molar-refractivity contribution in [1.82, 2.24) is 4.98 Å². The SMILES string of the molecule is CCOC(=N)C(SC)c1ccccn1. The number of rotatable bonds is 4. The van der Waals surface area contributed by atoms with Crippen LogP contribution in [0.3, 0.4) is 0 Å². The summed E-state index contributed by atoms with van der Waals surface area (Å²) in [7, 11) is 0. The van der Waals surface area contributed by atoms with Crippen molar-refractivity contribution in [2.24, 2.45) is 0 Å². The Balaban J connectivity index is 2.77. The summed E-state index contributed by atoms with van der Waals surface area (Å²) in [5.74, 6) is 0.277. The summed E-state index contributed by atoms with van der Waals surface area (Å²) in [6.45, 7) is 2.41. The Bertz CT molecular complexity index is 289. The molecule has 1 N–H and O–H groups in total. The molecule has 3 nitrogen and oxygen atoms in total. The van der Waals surface area contributed by atoms with Gasteiger partial charge in [0.1, 0.15) is 5.25 Å². The van der Waals surface area contributed by atoms with Crippen LogP contribution in [0.25, 0.3) is 0 Å². The number of nitrogens with zero attached hydrogens (tertiary/aromatic N) is 1. The fraction of sp³-hybridized carbons (Fsp3) is 0.400. The lowest BCUT2D eigenvalue weighted by atomic mass is 10.2. The third kappa shape index (κ3) is 2.73. The highest BCUT2D eigenvalue weighted by Gasteiger charge is 2.17. The normalized spacial score (nSPS) is 12.1. The number of ether oxygens (including phenoxy) is 1. The monoisotopic (exact) mass is 210 g/mol. The van der Waals surface area contributed by atoms with Gasteiger partial charge in [0.05, 0.1) is 12.3 Å². The predicted molar refractivity (Wildman–Crippen MR) is 59.8 cm³/mol. The van der Waals surface area contributed by atoms with E-state index in [-0.39, 0.29) is 11.1 Å². The summed E-state index contributed by atoms with van der Waals surface area (Å²) < 4.78 is 5.17. The van der Waals surface area contributed by atoms with Crippen LogP contribution in [-0.4, -0.2) is 23.7 Å². The van der Waals surface area contributed by atoms with E-state index >= 15 is 0 Å². The molecule has 1 aromatic heterocycles. The van der Waals surface area contributed by atoms with Crippen LogP contribution in [0.5, 0.6) is 0 Å². The van der Waals surface area contributed by atoms with E-state index in [1.54, 1.807) is 18.0 Å². The molecule has 0 aliphatic heterocycles. The maximum atomic E-state index is 7.70. The van der Waals surface area contributed by atoms with Gasteiger partial charge in [-0.15, -0.1) is 11.8 Å². The molecule has 0 fully saturated rings. The van der Waals surface area contributed by atoms with Gasteiger partial charge in [0, 0.05) is 6.20 Å². The van der Waals surface area contributed by atoms with Crippen LogP contribution in [0, 0.1) is 5.41 Å². The maximum Gasteiger partial charge on any atom is 0.200 e. The molecular formula is C10H14N2OS. The van der Waals surface area contributed by atoms with Gasteiger partial charge in [-0.1, -0.05) is 6.07 Å². The first-order chi connectivity index (χ1) is 6.79. The fourth-order valence-corrected chi connectivity index (χ4v) is 1.79.